The number of sulfonamides is 1. The van der Waals surface area contributed by atoms with Crippen LogP contribution >= 0.6 is 12.4 Å². The second-order valence-electron chi connectivity index (χ2n) is 5.09. The summed E-state index contributed by atoms with van der Waals surface area (Å²) in [4.78, 5) is 0.282. The van der Waals surface area contributed by atoms with Gasteiger partial charge in [0.2, 0.25) is 10.0 Å². The van der Waals surface area contributed by atoms with E-state index in [-0.39, 0.29) is 34.0 Å². The van der Waals surface area contributed by atoms with Crippen LogP contribution in [-0.4, -0.2) is 52.6 Å². The Morgan fingerprint density at radius 3 is 2.18 bits per heavy atom. The van der Waals surface area contributed by atoms with Crippen molar-refractivity contribution in [2.45, 2.75) is 29.7 Å². The molecule has 1 fully saturated rings. The Balaban J connectivity index is 0.00000242. The normalized spacial score (nSPS) is 20.4. The molecule has 1 aliphatic heterocycles. The first kappa shape index (κ1) is 19.4. The molecule has 0 amide bonds. The van der Waals surface area contributed by atoms with Crippen molar-refractivity contribution in [3.05, 3.63) is 24.3 Å². The predicted molar refractivity (Wildman–Crippen MR) is 87.6 cm³/mol. The van der Waals surface area contributed by atoms with Crippen LogP contribution in [0.25, 0.3) is 0 Å². The molecule has 0 radical (unpaired) electrons. The Morgan fingerprint density at radius 2 is 1.68 bits per heavy atom. The largest absolute Gasteiger partial charge is 0.312 e. The van der Waals surface area contributed by atoms with Gasteiger partial charge in [-0.1, -0.05) is 6.92 Å². The van der Waals surface area contributed by atoms with E-state index in [1.165, 1.54) is 28.6 Å². The summed E-state index contributed by atoms with van der Waals surface area (Å²) in [6, 6.07) is 5.55. The van der Waals surface area contributed by atoms with E-state index in [0.717, 1.165) is 0 Å². The molecule has 1 heterocycles. The summed E-state index contributed by atoms with van der Waals surface area (Å²) in [5.41, 5.74) is 0. The number of piperazine rings is 1. The first-order chi connectivity index (χ1) is 9.77. The van der Waals surface area contributed by atoms with E-state index >= 15 is 0 Å². The maximum atomic E-state index is 12.5. The van der Waals surface area contributed by atoms with Crippen LogP contribution in [0.3, 0.4) is 0 Å². The highest BCUT2D eigenvalue weighted by atomic mass is 35.5. The number of rotatable bonds is 4. The number of hydrogen-bond acceptors (Lipinski definition) is 5. The number of hydrogen-bond donors (Lipinski definition) is 1. The SMILES string of the molecule is CCS(=O)(=O)c1ccc(S(=O)(=O)N2CCNC(C)C2)cc1.Cl. The van der Waals surface area contributed by atoms with Crippen LogP contribution in [0.2, 0.25) is 0 Å². The lowest BCUT2D eigenvalue weighted by Crippen LogP contribution is -2.51. The molecule has 0 saturated carbocycles. The maximum Gasteiger partial charge on any atom is 0.243 e. The number of sulfone groups is 1. The molecule has 1 aromatic rings. The summed E-state index contributed by atoms with van der Waals surface area (Å²) in [7, 11) is -6.88. The van der Waals surface area contributed by atoms with Gasteiger partial charge < -0.3 is 5.32 Å². The average molecular weight is 369 g/mol. The molecule has 0 spiro atoms. The first-order valence-electron chi connectivity index (χ1n) is 6.83. The van der Waals surface area contributed by atoms with Crippen molar-refractivity contribution in [1.82, 2.24) is 9.62 Å². The van der Waals surface area contributed by atoms with Crippen molar-refractivity contribution >= 4 is 32.3 Å². The van der Waals surface area contributed by atoms with Gasteiger partial charge in [-0.05, 0) is 31.2 Å². The summed E-state index contributed by atoms with van der Waals surface area (Å²) >= 11 is 0. The van der Waals surface area contributed by atoms with Crippen LogP contribution < -0.4 is 5.32 Å². The Kier molecular flexibility index (Phi) is 6.40. The maximum absolute atomic E-state index is 12.5. The highest BCUT2D eigenvalue weighted by Crippen LogP contribution is 2.20. The van der Waals surface area contributed by atoms with Crippen LogP contribution in [0.5, 0.6) is 0 Å². The molecule has 1 N–H and O–H groups in total. The summed E-state index contributed by atoms with van der Waals surface area (Å²) in [5, 5.41) is 3.19. The number of halogens is 1. The molecule has 1 saturated heterocycles. The Morgan fingerprint density at radius 1 is 1.14 bits per heavy atom. The van der Waals surface area contributed by atoms with Crippen molar-refractivity contribution in [2.24, 2.45) is 0 Å². The lowest BCUT2D eigenvalue weighted by Gasteiger charge is -2.31. The molecule has 1 atom stereocenters. The minimum atomic E-state index is -3.57. The van der Waals surface area contributed by atoms with Crippen LogP contribution in [0.4, 0.5) is 0 Å². The molecule has 1 aliphatic rings. The minimum absolute atomic E-state index is 0. The van der Waals surface area contributed by atoms with Crippen molar-refractivity contribution in [1.29, 1.82) is 0 Å². The lowest BCUT2D eigenvalue weighted by atomic mass is 10.3. The lowest BCUT2D eigenvalue weighted by molar-refractivity contribution is 0.310. The van der Waals surface area contributed by atoms with Crippen molar-refractivity contribution < 1.29 is 16.8 Å². The molecule has 126 valence electrons. The average Bonchev–Trinajstić information content (AvgIpc) is 2.47. The number of nitrogens with zero attached hydrogens (tertiary/aromatic N) is 1. The molecule has 22 heavy (non-hydrogen) atoms. The molecule has 0 aromatic heterocycles. The molecule has 9 heteroatoms. The van der Waals surface area contributed by atoms with Gasteiger partial charge in [0, 0.05) is 25.7 Å². The zero-order valence-corrected chi connectivity index (χ0v) is 15.0. The van der Waals surface area contributed by atoms with E-state index < -0.39 is 19.9 Å². The molecule has 1 unspecified atom stereocenters. The van der Waals surface area contributed by atoms with Crippen molar-refractivity contribution in [2.75, 3.05) is 25.4 Å². The standard InChI is InChI=1S/C13H20N2O4S2.ClH/c1-3-20(16,17)12-4-6-13(7-5-12)21(18,19)15-9-8-14-11(2)10-15;/h4-7,11,14H,3,8-10H2,1-2H3;1H. The quantitative estimate of drug-likeness (QED) is 0.853. The van der Waals surface area contributed by atoms with E-state index in [1.807, 2.05) is 6.92 Å². The van der Waals surface area contributed by atoms with Gasteiger partial charge in [0.25, 0.3) is 0 Å². The van der Waals surface area contributed by atoms with Gasteiger partial charge in [0.1, 0.15) is 0 Å². The first-order valence-corrected chi connectivity index (χ1v) is 9.93. The van der Waals surface area contributed by atoms with Gasteiger partial charge >= 0.3 is 0 Å². The second kappa shape index (κ2) is 7.27. The fraction of sp³-hybridized carbons (Fsp3) is 0.538. The van der Waals surface area contributed by atoms with Crippen molar-refractivity contribution in [3.63, 3.8) is 0 Å². The van der Waals surface area contributed by atoms with E-state index in [0.29, 0.717) is 19.6 Å². The summed E-state index contributed by atoms with van der Waals surface area (Å²) in [6.07, 6.45) is 0. The van der Waals surface area contributed by atoms with Crippen LogP contribution in [0.1, 0.15) is 13.8 Å². The summed E-state index contributed by atoms with van der Waals surface area (Å²) < 4.78 is 49.9. The third-order valence-corrected chi connectivity index (χ3v) is 7.16. The minimum Gasteiger partial charge on any atom is -0.312 e. The van der Waals surface area contributed by atoms with Crippen LogP contribution in [0.15, 0.2) is 34.1 Å². The highest BCUT2D eigenvalue weighted by Gasteiger charge is 2.28. The summed E-state index contributed by atoms with van der Waals surface area (Å²) in [5.74, 6) is -0.00555. The fourth-order valence-electron chi connectivity index (χ4n) is 2.25. The molecule has 6 nitrogen and oxygen atoms in total. The smallest absolute Gasteiger partial charge is 0.243 e. The van der Waals surface area contributed by atoms with Gasteiger partial charge in [0.05, 0.1) is 15.5 Å². The fourth-order valence-corrected chi connectivity index (χ4v) is 4.66. The van der Waals surface area contributed by atoms with Gasteiger partial charge in [-0.25, -0.2) is 16.8 Å². The molecule has 2 rings (SSSR count). The zero-order valence-electron chi connectivity index (χ0n) is 12.5. The number of nitrogens with one attached hydrogen (secondary N) is 1. The van der Waals surface area contributed by atoms with Crippen LogP contribution in [-0.2, 0) is 19.9 Å². The zero-order chi connectivity index (χ0) is 15.7. The molecular formula is C13H21ClN2O4S2. The monoisotopic (exact) mass is 368 g/mol. The molecule has 0 bridgehead atoms. The van der Waals surface area contributed by atoms with Gasteiger partial charge in [-0.3, -0.25) is 0 Å². The van der Waals surface area contributed by atoms with E-state index in [9.17, 15) is 16.8 Å². The summed E-state index contributed by atoms with van der Waals surface area (Å²) in [6.45, 7) is 4.93. The Bertz CT molecular complexity index is 702. The van der Waals surface area contributed by atoms with E-state index in [1.54, 1.807) is 6.92 Å². The third kappa shape index (κ3) is 3.99. The Hall–Kier alpha value is -0.670. The predicted octanol–water partition coefficient (Wildman–Crippen LogP) is 0.884. The highest BCUT2D eigenvalue weighted by molar-refractivity contribution is 7.91. The Labute approximate surface area is 138 Å². The van der Waals surface area contributed by atoms with E-state index in [4.69, 9.17) is 0 Å². The van der Waals surface area contributed by atoms with Gasteiger partial charge in [-0.15, -0.1) is 12.4 Å². The molecule has 1 aromatic carbocycles. The van der Waals surface area contributed by atoms with Gasteiger partial charge in [0.15, 0.2) is 9.84 Å². The topological polar surface area (TPSA) is 83.5 Å². The van der Waals surface area contributed by atoms with Crippen LogP contribution in [0, 0.1) is 0 Å². The molecule has 0 aliphatic carbocycles. The van der Waals surface area contributed by atoms with E-state index in [2.05, 4.69) is 5.32 Å². The third-order valence-electron chi connectivity index (χ3n) is 3.53. The molecular weight excluding hydrogens is 348 g/mol. The van der Waals surface area contributed by atoms with Crippen molar-refractivity contribution in [3.8, 4) is 0 Å². The van der Waals surface area contributed by atoms with Gasteiger partial charge in [-0.2, -0.15) is 4.31 Å². The second-order valence-corrected chi connectivity index (χ2v) is 9.31. The number of benzene rings is 1.